The number of piperazine rings is 1. The molecule has 27 heavy (non-hydrogen) atoms. The third-order valence-corrected chi connectivity index (χ3v) is 6.03. The van der Waals surface area contributed by atoms with E-state index >= 15 is 0 Å². The summed E-state index contributed by atoms with van der Waals surface area (Å²) >= 11 is 0. The Morgan fingerprint density at radius 1 is 1.00 bits per heavy atom. The lowest BCUT2D eigenvalue weighted by molar-refractivity contribution is 0.234. The summed E-state index contributed by atoms with van der Waals surface area (Å²) in [6, 6.07) is 9.38. The molecule has 1 saturated heterocycles. The number of oxazole rings is 1. The molecule has 142 valence electrons. The molecule has 6 heteroatoms. The van der Waals surface area contributed by atoms with Gasteiger partial charge >= 0.3 is 0 Å². The highest BCUT2D eigenvalue weighted by Crippen LogP contribution is 2.29. The van der Waals surface area contributed by atoms with Crippen LogP contribution in [0.15, 0.2) is 41.2 Å². The molecule has 1 aliphatic carbocycles. The van der Waals surface area contributed by atoms with Crippen molar-refractivity contribution < 1.29 is 4.42 Å². The maximum Gasteiger partial charge on any atom is 0.298 e. The summed E-state index contributed by atoms with van der Waals surface area (Å²) in [4.78, 5) is 13.9. The number of anilines is 1. The highest BCUT2D eigenvalue weighted by Gasteiger charge is 2.23. The molecular weight excluding hydrogens is 338 g/mol. The van der Waals surface area contributed by atoms with Gasteiger partial charge < -0.3 is 13.9 Å². The Morgan fingerprint density at radius 2 is 1.81 bits per heavy atom. The van der Waals surface area contributed by atoms with Gasteiger partial charge in [0.1, 0.15) is 5.52 Å². The molecule has 0 unspecified atom stereocenters. The minimum Gasteiger partial charge on any atom is -0.423 e. The zero-order valence-electron chi connectivity index (χ0n) is 15.8. The molecule has 0 bridgehead atoms. The fraction of sp³-hybridized carbons (Fsp3) is 0.524. The van der Waals surface area contributed by atoms with E-state index in [1.54, 1.807) is 0 Å². The number of imidazole rings is 1. The van der Waals surface area contributed by atoms with Crippen molar-refractivity contribution >= 4 is 17.1 Å². The van der Waals surface area contributed by atoms with Crippen LogP contribution in [0.3, 0.4) is 0 Å². The van der Waals surface area contributed by atoms with Crippen molar-refractivity contribution in [3.8, 4) is 0 Å². The van der Waals surface area contributed by atoms with Crippen molar-refractivity contribution in [3.63, 3.8) is 0 Å². The van der Waals surface area contributed by atoms with Crippen molar-refractivity contribution in [3.05, 3.63) is 42.5 Å². The molecule has 2 aliphatic rings. The molecule has 0 atom stereocenters. The van der Waals surface area contributed by atoms with E-state index in [4.69, 9.17) is 4.42 Å². The molecule has 1 aromatic carbocycles. The van der Waals surface area contributed by atoms with E-state index in [0.29, 0.717) is 6.04 Å². The van der Waals surface area contributed by atoms with Crippen LogP contribution in [0.25, 0.3) is 11.1 Å². The number of para-hydroxylation sites is 2. The van der Waals surface area contributed by atoms with Gasteiger partial charge in [-0.25, -0.2) is 4.98 Å². The smallest absolute Gasteiger partial charge is 0.298 e. The molecule has 3 heterocycles. The highest BCUT2D eigenvalue weighted by molar-refractivity contribution is 5.74. The van der Waals surface area contributed by atoms with Crippen LogP contribution in [0.5, 0.6) is 0 Å². The number of fused-ring (bicyclic) bond motifs is 1. The molecule has 1 aliphatic heterocycles. The van der Waals surface area contributed by atoms with E-state index in [-0.39, 0.29) is 0 Å². The van der Waals surface area contributed by atoms with E-state index in [1.807, 2.05) is 30.6 Å². The Kier molecular flexibility index (Phi) is 4.57. The van der Waals surface area contributed by atoms with Crippen LogP contribution in [-0.2, 0) is 6.54 Å². The number of aromatic nitrogens is 3. The average Bonchev–Trinajstić information content (AvgIpc) is 3.36. The van der Waals surface area contributed by atoms with Crippen LogP contribution in [0, 0.1) is 0 Å². The summed E-state index contributed by atoms with van der Waals surface area (Å²) in [5.41, 5.74) is 3.16. The first-order chi connectivity index (χ1) is 13.4. The molecular formula is C21H27N5O. The predicted molar refractivity (Wildman–Crippen MR) is 106 cm³/mol. The van der Waals surface area contributed by atoms with Crippen LogP contribution < -0.4 is 4.90 Å². The molecule has 2 fully saturated rings. The van der Waals surface area contributed by atoms with Gasteiger partial charge in [-0.15, -0.1) is 0 Å². The van der Waals surface area contributed by atoms with E-state index in [2.05, 4.69) is 30.5 Å². The molecule has 3 aromatic rings. The molecule has 0 spiro atoms. The Balaban J connectivity index is 1.22. The predicted octanol–water partition coefficient (Wildman–Crippen LogP) is 3.85. The topological polar surface area (TPSA) is 50.3 Å². The number of hydrogen-bond acceptors (Lipinski definition) is 5. The molecule has 0 N–H and O–H groups in total. The summed E-state index contributed by atoms with van der Waals surface area (Å²) in [6.45, 7) is 4.93. The fourth-order valence-electron chi connectivity index (χ4n) is 4.46. The van der Waals surface area contributed by atoms with Crippen molar-refractivity contribution in [2.45, 2.75) is 44.7 Å². The van der Waals surface area contributed by atoms with Gasteiger partial charge in [-0.3, -0.25) is 4.90 Å². The van der Waals surface area contributed by atoms with Crippen LogP contribution in [0.1, 0.15) is 43.8 Å². The number of nitrogens with zero attached hydrogens (tertiary/aromatic N) is 5. The number of hydrogen-bond donors (Lipinski definition) is 0. The largest absolute Gasteiger partial charge is 0.423 e. The molecule has 0 radical (unpaired) electrons. The van der Waals surface area contributed by atoms with E-state index < -0.39 is 0 Å². The second-order valence-corrected chi connectivity index (χ2v) is 7.81. The van der Waals surface area contributed by atoms with Gasteiger partial charge in [0.15, 0.2) is 5.58 Å². The van der Waals surface area contributed by atoms with E-state index in [9.17, 15) is 0 Å². The third kappa shape index (κ3) is 3.46. The SMILES string of the molecule is c1ccc2oc(N3CCN(Cc4cncn4C4CCCCC4)CC3)nc2c1. The van der Waals surface area contributed by atoms with Crippen LogP contribution >= 0.6 is 0 Å². The molecule has 6 nitrogen and oxygen atoms in total. The summed E-state index contributed by atoms with van der Waals surface area (Å²) in [5.74, 6) is 0. The van der Waals surface area contributed by atoms with Gasteiger partial charge in [-0.1, -0.05) is 31.4 Å². The normalized spacial score (nSPS) is 19.8. The van der Waals surface area contributed by atoms with Crippen LogP contribution in [-0.4, -0.2) is 45.6 Å². The Morgan fingerprint density at radius 3 is 2.63 bits per heavy atom. The zero-order chi connectivity index (χ0) is 18.1. The van der Waals surface area contributed by atoms with Gasteiger partial charge in [-0.2, -0.15) is 4.98 Å². The standard InChI is InChI=1S/C21H27N5O/c1-2-6-17(7-3-1)26-16-22-14-18(26)15-24-10-12-25(13-11-24)21-23-19-8-4-5-9-20(19)27-21/h4-5,8-9,14,16-17H,1-3,6-7,10-13,15H2. The van der Waals surface area contributed by atoms with Crippen molar-refractivity contribution in [2.24, 2.45) is 0 Å². The Hall–Kier alpha value is -2.34. The van der Waals surface area contributed by atoms with E-state index in [1.165, 1.54) is 37.8 Å². The van der Waals surface area contributed by atoms with E-state index in [0.717, 1.165) is 49.8 Å². The fourth-order valence-corrected chi connectivity index (χ4v) is 4.46. The van der Waals surface area contributed by atoms with Gasteiger partial charge in [0.25, 0.3) is 6.01 Å². The van der Waals surface area contributed by atoms with Crippen molar-refractivity contribution in [2.75, 3.05) is 31.1 Å². The van der Waals surface area contributed by atoms with Crippen molar-refractivity contribution in [1.29, 1.82) is 0 Å². The first-order valence-corrected chi connectivity index (χ1v) is 10.2. The molecule has 5 rings (SSSR count). The second-order valence-electron chi connectivity index (χ2n) is 7.81. The van der Waals surface area contributed by atoms with Crippen LogP contribution in [0.2, 0.25) is 0 Å². The summed E-state index contributed by atoms with van der Waals surface area (Å²) in [6.07, 6.45) is 10.8. The second kappa shape index (κ2) is 7.35. The maximum atomic E-state index is 5.93. The Labute approximate surface area is 159 Å². The van der Waals surface area contributed by atoms with Gasteiger partial charge in [0, 0.05) is 45.0 Å². The lowest BCUT2D eigenvalue weighted by Crippen LogP contribution is -2.46. The maximum absolute atomic E-state index is 5.93. The average molecular weight is 365 g/mol. The minimum atomic E-state index is 0.650. The quantitative estimate of drug-likeness (QED) is 0.703. The highest BCUT2D eigenvalue weighted by atomic mass is 16.4. The zero-order valence-corrected chi connectivity index (χ0v) is 15.8. The number of rotatable bonds is 4. The summed E-state index contributed by atoms with van der Waals surface area (Å²) in [5, 5.41) is 0. The van der Waals surface area contributed by atoms with Gasteiger partial charge in [0.05, 0.1) is 12.0 Å². The van der Waals surface area contributed by atoms with Crippen molar-refractivity contribution in [1.82, 2.24) is 19.4 Å². The first kappa shape index (κ1) is 16.8. The summed E-state index contributed by atoms with van der Waals surface area (Å²) < 4.78 is 8.37. The monoisotopic (exact) mass is 365 g/mol. The number of benzene rings is 1. The lowest BCUT2D eigenvalue weighted by Gasteiger charge is -2.34. The van der Waals surface area contributed by atoms with Gasteiger partial charge in [-0.05, 0) is 25.0 Å². The minimum absolute atomic E-state index is 0.650. The van der Waals surface area contributed by atoms with Crippen LogP contribution in [0.4, 0.5) is 6.01 Å². The first-order valence-electron chi connectivity index (χ1n) is 10.2. The Bertz CT molecular complexity index is 854. The lowest BCUT2D eigenvalue weighted by atomic mass is 9.95. The third-order valence-electron chi connectivity index (χ3n) is 6.03. The van der Waals surface area contributed by atoms with Gasteiger partial charge in [0.2, 0.25) is 0 Å². The summed E-state index contributed by atoms with van der Waals surface area (Å²) in [7, 11) is 0. The molecule has 2 aromatic heterocycles. The molecule has 1 saturated carbocycles. The molecule has 0 amide bonds.